The van der Waals surface area contributed by atoms with Crippen molar-refractivity contribution in [2.24, 2.45) is 0 Å². The molecule has 1 saturated carbocycles. The summed E-state index contributed by atoms with van der Waals surface area (Å²) in [7, 11) is -0.300. The summed E-state index contributed by atoms with van der Waals surface area (Å²) < 4.78 is 14.1. The van der Waals surface area contributed by atoms with Crippen molar-refractivity contribution in [1.82, 2.24) is 9.78 Å². The molecule has 0 spiro atoms. The van der Waals surface area contributed by atoms with Gasteiger partial charge in [0, 0.05) is 17.9 Å². The molecule has 1 aliphatic heterocycles. The molecule has 2 aliphatic rings. The first kappa shape index (κ1) is 12.2. The SMILES string of the molecule is CC1(n2cc(B3OC(C)(C)C(C)(C)O3)cn2)CC1. The van der Waals surface area contributed by atoms with Gasteiger partial charge in [0.2, 0.25) is 0 Å². The number of hydrogen-bond acceptors (Lipinski definition) is 3. The van der Waals surface area contributed by atoms with Crippen LogP contribution in [-0.4, -0.2) is 28.1 Å². The zero-order valence-corrected chi connectivity index (χ0v) is 11.9. The van der Waals surface area contributed by atoms with Gasteiger partial charge >= 0.3 is 7.12 Å². The first-order valence-electron chi connectivity index (χ1n) is 6.64. The summed E-state index contributed by atoms with van der Waals surface area (Å²) in [4.78, 5) is 0. The van der Waals surface area contributed by atoms with Crippen LogP contribution in [0.5, 0.6) is 0 Å². The van der Waals surface area contributed by atoms with Crippen molar-refractivity contribution < 1.29 is 9.31 Å². The van der Waals surface area contributed by atoms with E-state index in [1.165, 1.54) is 12.8 Å². The third kappa shape index (κ3) is 1.72. The normalized spacial score (nSPS) is 27.5. The minimum atomic E-state index is -0.300. The van der Waals surface area contributed by atoms with Gasteiger partial charge in [-0.3, -0.25) is 4.68 Å². The van der Waals surface area contributed by atoms with Crippen LogP contribution in [0.4, 0.5) is 0 Å². The van der Waals surface area contributed by atoms with Crippen LogP contribution in [0.2, 0.25) is 0 Å². The Morgan fingerprint density at radius 3 is 2.17 bits per heavy atom. The molecule has 98 valence electrons. The smallest absolute Gasteiger partial charge is 0.399 e. The Hall–Kier alpha value is -0.805. The van der Waals surface area contributed by atoms with Crippen LogP contribution in [0, 0.1) is 0 Å². The van der Waals surface area contributed by atoms with Gasteiger partial charge in [0.05, 0.1) is 16.7 Å². The Morgan fingerprint density at radius 1 is 1.11 bits per heavy atom. The van der Waals surface area contributed by atoms with Crippen LogP contribution in [0.1, 0.15) is 47.5 Å². The van der Waals surface area contributed by atoms with E-state index in [0.29, 0.717) is 0 Å². The third-order valence-electron chi connectivity index (χ3n) is 4.65. The molecule has 0 unspecified atom stereocenters. The molecule has 0 amide bonds. The van der Waals surface area contributed by atoms with Crippen LogP contribution in [0.3, 0.4) is 0 Å². The molecule has 0 N–H and O–H groups in total. The number of nitrogens with zero attached hydrogens (tertiary/aromatic N) is 2. The lowest BCUT2D eigenvalue weighted by Crippen LogP contribution is -2.41. The summed E-state index contributed by atoms with van der Waals surface area (Å²) in [5.41, 5.74) is 0.663. The maximum atomic E-state index is 6.02. The lowest BCUT2D eigenvalue weighted by Gasteiger charge is -2.32. The lowest BCUT2D eigenvalue weighted by molar-refractivity contribution is 0.00578. The van der Waals surface area contributed by atoms with Crippen LogP contribution in [-0.2, 0) is 14.8 Å². The summed E-state index contributed by atoms with van der Waals surface area (Å²) in [6.45, 7) is 10.5. The van der Waals surface area contributed by atoms with Gasteiger partial charge in [0.15, 0.2) is 0 Å². The maximum absolute atomic E-state index is 6.02. The molecule has 1 aromatic rings. The predicted molar refractivity (Wildman–Crippen MR) is 70.8 cm³/mol. The van der Waals surface area contributed by atoms with E-state index in [4.69, 9.17) is 9.31 Å². The Morgan fingerprint density at radius 2 is 1.67 bits per heavy atom. The lowest BCUT2D eigenvalue weighted by atomic mass is 9.82. The minimum absolute atomic E-state index is 0.224. The quantitative estimate of drug-likeness (QED) is 0.747. The maximum Gasteiger partial charge on any atom is 0.498 e. The van der Waals surface area contributed by atoms with Gasteiger partial charge in [0.1, 0.15) is 0 Å². The van der Waals surface area contributed by atoms with Gasteiger partial charge in [-0.2, -0.15) is 5.10 Å². The summed E-state index contributed by atoms with van der Waals surface area (Å²) in [6.07, 6.45) is 6.34. The highest BCUT2D eigenvalue weighted by atomic mass is 16.7. The molecule has 1 saturated heterocycles. The molecule has 2 heterocycles. The first-order chi connectivity index (χ1) is 8.24. The second kappa shape index (κ2) is 3.39. The van der Waals surface area contributed by atoms with Gasteiger partial charge in [-0.15, -0.1) is 0 Å². The zero-order valence-electron chi connectivity index (χ0n) is 11.9. The topological polar surface area (TPSA) is 36.3 Å². The number of hydrogen-bond donors (Lipinski definition) is 0. The second-order valence-electron chi connectivity index (χ2n) is 6.80. The number of rotatable bonds is 2. The molecule has 4 nitrogen and oxygen atoms in total. The van der Waals surface area contributed by atoms with Crippen LogP contribution < -0.4 is 5.46 Å². The van der Waals surface area contributed by atoms with Crippen LogP contribution in [0.25, 0.3) is 0 Å². The van der Waals surface area contributed by atoms with Gasteiger partial charge in [0.25, 0.3) is 0 Å². The van der Waals surface area contributed by atoms with Gasteiger partial charge < -0.3 is 9.31 Å². The standard InChI is InChI=1S/C13H21BN2O2/c1-11(2)12(3,4)18-14(17-11)10-8-15-16(9-10)13(5)6-7-13/h8-9H,6-7H2,1-5H3. The fourth-order valence-electron chi connectivity index (χ4n) is 2.14. The fraction of sp³-hybridized carbons (Fsp3) is 0.769. The van der Waals surface area contributed by atoms with E-state index in [0.717, 1.165) is 5.46 Å². The Bertz CT molecular complexity index is 461. The van der Waals surface area contributed by atoms with E-state index in [9.17, 15) is 0 Å². The Kier molecular flexibility index (Phi) is 2.31. The van der Waals surface area contributed by atoms with Crippen molar-refractivity contribution >= 4 is 12.6 Å². The van der Waals surface area contributed by atoms with E-state index in [-0.39, 0.29) is 23.9 Å². The van der Waals surface area contributed by atoms with Crippen molar-refractivity contribution in [3.8, 4) is 0 Å². The van der Waals surface area contributed by atoms with Gasteiger partial charge in [-0.1, -0.05) is 0 Å². The van der Waals surface area contributed by atoms with Crippen LogP contribution >= 0.6 is 0 Å². The molecule has 3 rings (SSSR count). The molecule has 0 atom stereocenters. The van der Waals surface area contributed by atoms with Crippen molar-refractivity contribution in [2.45, 2.75) is 64.2 Å². The molecule has 18 heavy (non-hydrogen) atoms. The van der Waals surface area contributed by atoms with E-state index >= 15 is 0 Å². The van der Waals surface area contributed by atoms with E-state index < -0.39 is 0 Å². The second-order valence-corrected chi connectivity index (χ2v) is 6.80. The van der Waals surface area contributed by atoms with E-state index in [1.54, 1.807) is 0 Å². The highest BCUT2D eigenvalue weighted by molar-refractivity contribution is 6.62. The van der Waals surface area contributed by atoms with E-state index in [2.05, 4.69) is 45.9 Å². The van der Waals surface area contributed by atoms with Crippen molar-refractivity contribution in [3.63, 3.8) is 0 Å². The molecule has 0 radical (unpaired) electrons. The van der Waals surface area contributed by atoms with Gasteiger partial charge in [-0.05, 0) is 47.5 Å². The van der Waals surface area contributed by atoms with Gasteiger partial charge in [-0.25, -0.2) is 0 Å². The fourth-order valence-corrected chi connectivity index (χ4v) is 2.14. The molecular weight excluding hydrogens is 227 g/mol. The molecule has 0 aromatic carbocycles. The first-order valence-corrected chi connectivity index (χ1v) is 6.64. The van der Waals surface area contributed by atoms with Crippen LogP contribution in [0.15, 0.2) is 12.4 Å². The highest BCUT2D eigenvalue weighted by Crippen LogP contribution is 2.42. The summed E-state index contributed by atoms with van der Waals surface area (Å²) in [6, 6.07) is 0. The largest absolute Gasteiger partial charge is 0.498 e. The molecule has 2 fully saturated rings. The zero-order chi connectivity index (χ0) is 13.2. The molecular formula is C13H21BN2O2. The molecule has 5 heteroatoms. The Balaban J connectivity index is 1.83. The molecule has 0 bridgehead atoms. The highest BCUT2D eigenvalue weighted by Gasteiger charge is 2.52. The Labute approximate surface area is 109 Å². The monoisotopic (exact) mass is 248 g/mol. The van der Waals surface area contributed by atoms with Crippen molar-refractivity contribution in [3.05, 3.63) is 12.4 Å². The van der Waals surface area contributed by atoms with E-state index in [1.807, 2.05) is 10.9 Å². The summed E-state index contributed by atoms with van der Waals surface area (Å²) in [5.74, 6) is 0. The third-order valence-corrected chi connectivity index (χ3v) is 4.65. The molecule has 1 aromatic heterocycles. The summed E-state index contributed by atoms with van der Waals surface area (Å²) in [5, 5.41) is 4.45. The summed E-state index contributed by atoms with van der Waals surface area (Å²) >= 11 is 0. The molecule has 1 aliphatic carbocycles. The number of aromatic nitrogens is 2. The minimum Gasteiger partial charge on any atom is -0.399 e. The predicted octanol–water partition coefficient (Wildman–Crippen LogP) is 1.69. The van der Waals surface area contributed by atoms with Crippen molar-refractivity contribution in [2.75, 3.05) is 0 Å². The average molecular weight is 248 g/mol. The van der Waals surface area contributed by atoms with Crippen molar-refractivity contribution in [1.29, 1.82) is 0 Å². The average Bonchev–Trinajstić information content (AvgIpc) is 2.76.